The van der Waals surface area contributed by atoms with E-state index in [1.165, 1.54) is 12.1 Å². The van der Waals surface area contributed by atoms with E-state index >= 15 is 0 Å². The molecule has 2 atom stereocenters. The van der Waals surface area contributed by atoms with Crippen LogP contribution in [0.2, 0.25) is 0 Å². The molecule has 0 unspecified atom stereocenters. The van der Waals surface area contributed by atoms with Gasteiger partial charge in [0.05, 0.1) is 5.60 Å². The quantitative estimate of drug-likeness (QED) is 0.727. The van der Waals surface area contributed by atoms with Crippen LogP contribution in [0.3, 0.4) is 0 Å². The second-order valence-corrected chi connectivity index (χ2v) is 6.95. The first-order valence-electron chi connectivity index (χ1n) is 6.91. The fraction of sp³-hybridized carbons (Fsp3) is 0.562. The number of ether oxygens (including phenoxy) is 1. The first-order chi connectivity index (χ1) is 9.34. The second-order valence-electron chi connectivity index (χ2n) is 6.04. The molecule has 0 bridgehead atoms. The summed E-state index contributed by atoms with van der Waals surface area (Å²) in [4.78, 5) is 0. The minimum absolute atomic E-state index is 0.172. The van der Waals surface area contributed by atoms with Gasteiger partial charge in [-0.05, 0) is 57.1 Å². The molecule has 1 radical (unpaired) electrons. The molecule has 0 saturated carbocycles. The fourth-order valence-corrected chi connectivity index (χ4v) is 3.55. The highest BCUT2D eigenvalue weighted by atomic mass is 79.9. The average Bonchev–Trinajstić information content (AvgIpc) is 2.32. The zero-order valence-electron chi connectivity index (χ0n) is 11.9. The van der Waals surface area contributed by atoms with Gasteiger partial charge in [0.15, 0.2) is 0 Å². The molecule has 20 heavy (non-hydrogen) atoms. The van der Waals surface area contributed by atoms with Gasteiger partial charge in [0.1, 0.15) is 11.6 Å². The summed E-state index contributed by atoms with van der Waals surface area (Å²) in [5.41, 5.74) is -0.0653. The minimum Gasteiger partial charge on any atom is -0.376 e. The number of hydrogen-bond donors (Lipinski definition) is 0. The summed E-state index contributed by atoms with van der Waals surface area (Å²) >= 11 is 3.12. The smallest absolute Gasteiger partial charge is 0.130 e. The lowest BCUT2D eigenvalue weighted by molar-refractivity contribution is -0.0770. The summed E-state index contributed by atoms with van der Waals surface area (Å²) in [5.74, 6) is -0.989. The highest BCUT2D eigenvalue weighted by molar-refractivity contribution is 9.10. The first-order valence-corrected chi connectivity index (χ1v) is 7.71. The minimum atomic E-state index is -0.491. The zero-order valence-corrected chi connectivity index (χ0v) is 13.5. The highest BCUT2D eigenvalue weighted by Gasteiger charge is 2.35. The van der Waals surface area contributed by atoms with E-state index in [1.807, 2.05) is 13.8 Å². The number of benzene rings is 1. The molecular weight excluding hydrogens is 326 g/mol. The molecule has 1 aliphatic heterocycles. The molecule has 4 heteroatoms. The normalized spacial score (nSPS) is 23.6. The lowest BCUT2D eigenvalue weighted by Crippen LogP contribution is -2.36. The molecule has 1 nitrogen and oxygen atoms in total. The van der Waals surface area contributed by atoms with Crippen molar-refractivity contribution < 1.29 is 13.5 Å². The van der Waals surface area contributed by atoms with Gasteiger partial charge in [0.25, 0.3) is 0 Å². The van der Waals surface area contributed by atoms with Crippen LogP contribution in [0.25, 0.3) is 0 Å². The molecular formula is C16H20BrF2O. The predicted octanol–water partition coefficient (Wildman–Crippen LogP) is 5.24. The van der Waals surface area contributed by atoms with E-state index in [0.717, 1.165) is 12.8 Å². The largest absolute Gasteiger partial charge is 0.376 e. The molecule has 0 amide bonds. The summed E-state index contributed by atoms with van der Waals surface area (Å²) in [5, 5.41) is 0. The Hall–Kier alpha value is -0.480. The monoisotopic (exact) mass is 345 g/mol. The average molecular weight is 346 g/mol. The van der Waals surface area contributed by atoms with Crippen molar-refractivity contribution in [2.24, 2.45) is 5.92 Å². The SMILES string of the molecule is [CH2]C[C@H](c1c(F)cc(Br)cc1F)[C@@H]1CCOC(C)(C)C1. The summed E-state index contributed by atoms with van der Waals surface area (Å²) in [7, 11) is 0. The molecule has 1 aromatic rings. The topological polar surface area (TPSA) is 9.23 Å². The second kappa shape index (κ2) is 6.10. The van der Waals surface area contributed by atoms with Gasteiger partial charge >= 0.3 is 0 Å². The molecule has 2 rings (SSSR count). The van der Waals surface area contributed by atoms with Gasteiger partial charge < -0.3 is 4.74 Å². The third kappa shape index (κ3) is 3.40. The summed E-state index contributed by atoms with van der Waals surface area (Å²) in [6.07, 6.45) is 2.09. The van der Waals surface area contributed by atoms with Crippen molar-refractivity contribution in [2.75, 3.05) is 6.61 Å². The Morgan fingerprint density at radius 2 is 2.00 bits per heavy atom. The molecule has 0 aromatic heterocycles. The van der Waals surface area contributed by atoms with Gasteiger partial charge in [0.2, 0.25) is 0 Å². The molecule has 1 fully saturated rings. The van der Waals surface area contributed by atoms with Gasteiger partial charge in [0, 0.05) is 16.6 Å². The van der Waals surface area contributed by atoms with Gasteiger partial charge in [-0.15, -0.1) is 0 Å². The van der Waals surface area contributed by atoms with Crippen LogP contribution in [0.4, 0.5) is 8.78 Å². The fourth-order valence-electron chi connectivity index (χ4n) is 3.15. The van der Waals surface area contributed by atoms with Crippen LogP contribution in [0, 0.1) is 24.5 Å². The van der Waals surface area contributed by atoms with Gasteiger partial charge in [-0.2, -0.15) is 0 Å². The Balaban J connectivity index is 2.33. The third-order valence-corrected chi connectivity index (χ3v) is 4.49. The van der Waals surface area contributed by atoms with Gasteiger partial charge in [-0.25, -0.2) is 8.78 Å². The van der Waals surface area contributed by atoms with E-state index in [-0.39, 0.29) is 23.0 Å². The van der Waals surface area contributed by atoms with Crippen LogP contribution in [0.5, 0.6) is 0 Å². The van der Waals surface area contributed by atoms with Crippen molar-refractivity contribution in [2.45, 2.75) is 44.6 Å². The lowest BCUT2D eigenvalue weighted by Gasteiger charge is -2.39. The molecule has 1 aliphatic rings. The van der Waals surface area contributed by atoms with Crippen molar-refractivity contribution in [3.63, 3.8) is 0 Å². The number of rotatable bonds is 3. The maximum absolute atomic E-state index is 14.2. The summed E-state index contributed by atoms with van der Waals surface area (Å²) in [6, 6.07) is 2.65. The van der Waals surface area contributed by atoms with E-state index in [0.29, 0.717) is 17.5 Å². The van der Waals surface area contributed by atoms with Crippen molar-refractivity contribution in [1.29, 1.82) is 0 Å². The Bertz CT molecular complexity index is 464. The molecule has 1 aromatic carbocycles. The molecule has 0 spiro atoms. The van der Waals surface area contributed by atoms with E-state index < -0.39 is 11.6 Å². The highest BCUT2D eigenvalue weighted by Crippen LogP contribution is 2.41. The first kappa shape index (κ1) is 15.9. The van der Waals surface area contributed by atoms with Crippen molar-refractivity contribution in [3.05, 3.63) is 40.7 Å². The van der Waals surface area contributed by atoms with Crippen LogP contribution in [-0.4, -0.2) is 12.2 Å². The molecule has 1 saturated heterocycles. The maximum atomic E-state index is 14.2. The van der Waals surface area contributed by atoms with Crippen molar-refractivity contribution >= 4 is 15.9 Å². The van der Waals surface area contributed by atoms with E-state index in [4.69, 9.17) is 4.74 Å². The number of hydrogen-bond acceptors (Lipinski definition) is 1. The van der Waals surface area contributed by atoms with Crippen LogP contribution in [-0.2, 0) is 4.74 Å². The predicted molar refractivity (Wildman–Crippen MR) is 79.5 cm³/mol. The zero-order chi connectivity index (χ0) is 14.9. The molecule has 0 N–H and O–H groups in total. The standard InChI is InChI=1S/C16H20BrF2O/c1-4-12(10-5-6-20-16(2,3)9-10)15-13(18)7-11(17)8-14(15)19/h7-8,10,12H,1,4-6,9H2,2-3H3/t10-,12+/m1/s1. The van der Waals surface area contributed by atoms with Crippen molar-refractivity contribution in [1.82, 2.24) is 0 Å². The van der Waals surface area contributed by atoms with Crippen LogP contribution in [0.15, 0.2) is 16.6 Å². The maximum Gasteiger partial charge on any atom is 0.130 e. The van der Waals surface area contributed by atoms with Gasteiger partial charge in [-0.1, -0.05) is 22.9 Å². The van der Waals surface area contributed by atoms with E-state index in [2.05, 4.69) is 22.9 Å². The summed E-state index contributed by atoms with van der Waals surface area (Å²) in [6.45, 7) is 8.58. The van der Waals surface area contributed by atoms with E-state index in [1.54, 1.807) is 0 Å². The molecule has 0 aliphatic carbocycles. The van der Waals surface area contributed by atoms with E-state index in [9.17, 15) is 8.78 Å². The Labute approximate surface area is 127 Å². The van der Waals surface area contributed by atoms with Crippen LogP contribution >= 0.6 is 15.9 Å². The summed E-state index contributed by atoms with van der Waals surface area (Å²) < 4.78 is 34.4. The van der Waals surface area contributed by atoms with Gasteiger partial charge in [-0.3, -0.25) is 0 Å². The Morgan fingerprint density at radius 3 is 2.50 bits per heavy atom. The number of halogens is 3. The van der Waals surface area contributed by atoms with Crippen LogP contribution in [0.1, 0.15) is 44.6 Å². The van der Waals surface area contributed by atoms with Crippen LogP contribution < -0.4 is 0 Å². The Kier molecular flexibility index (Phi) is 4.85. The molecule has 1 heterocycles. The lowest BCUT2D eigenvalue weighted by atomic mass is 9.75. The third-order valence-electron chi connectivity index (χ3n) is 4.03. The Morgan fingerprint density at radius 1 is 1.40 bits per heavy atom. The van der Waals surface area contributed by atoms with Crippen molar-refractivity contribution in [3.8, 4) is 0 Å². The molecule has 111 valence electrons.